The van der Waals surface area contributed by atoms with Crippen LogP contribution in [0.2, 0.25) is 0 Å². The molecule has 3 saturated heterocycles. The van der Waals surface area contributed by atoms with Crippen LogP contribution < -0.4 is 0 Å². The molecule has 0 saturated carbocycles. The Balaban J connectivity index is 1.30. The van der Waals surface area contributed by atoms with Gasteiger partial charge in [-0.15, -0.1) is 0 Å². The van der Waals surface area contributed by atoms with E-state index >= 15 is 0 Å². The van der Waals surface area contributed by atoms with Crippen LogP contribution in [0.15, 0.2) is 60.9 Å². The molecule has 1 N–H and O–H groups in total. The smallest absolute Gasteiger partial charge is 0.254 e. The molecule has 3 aromatic rings. The first kappa shape index (κ1) is 18.1. The van der Waals surface area contributed by atoms with Crippen molar-refractivity contribution in [3.63, 3.8) is 0 Å². The van der Waals surface area contributed by atoms with E-state index in [2.05, 4.69) is 31.0 Å². The van der Waals surface area contributed by atoms with Gasteiger partial charge in [-0.1, -0.05) is 18.2 Å². The largest absolute Gasteiger partial charge is 0.334 e. The summed E-state index contributed by atoms with van der Waals surface area (Å²) in [6, 6.07) is 16.1. The normalized spacial score (nSPS) is 21.9. The van der Waals surface area contributed by atoms with Gasteiger partial charge >= 0.3 is 0 Å². The second-order valence-electron chi connectivity index (χ2n) is 8.12. The number of nitrogens with one attached hydrogen (secondary N) is 1. The maximum absolute atomic E-state index is 13.3. The number of benzene rings is 1. The summed E-state index contributed by atoms with van der Waals surface area (Å²) in [4.78, 5) is 22.3. The molecule has 2 unspecified atom stereocenters. The molecule has 6 rings (SSSR count). The minimum atomic E-state index is 0.149. The van der Waals surface area contributed by atoms with Gasteiger partial charge in [-0.3, -0.25) is 19.8 Å². The van der Waals surface area contributed by atoms with E-state index in [4.69, 9.17) is 0 Å². The standard InChI is InChI=1S/C23H25N5O/c29-23(19-7-5-18(6-8-19)22-10-12-25-26-22)28-14-17-4-9-21(28)16-27(13-17)15-20-3-1-2-11-24-20/h1-3,5-8,10-12,17,21H,4,9,13-16H2,(H,25,26). The second-order valence-corrected chi connectivity index (χ2v) is 8.12. The van der Waals surface area contributed by atoms with Crippen LogP contribution in [0.25, 0.3) is 11.3 Å². The van der Waals surface area contributed by atoms with E-state index in [0.717, 1.165) is 55.1 Å². The molecule has 1 amide bonds. The number of carbonyl (C=O) groups excluding carboxylic acids is 1. The van der Waals surface area contributed by atoms with Crippen LogP contribution in [-0.4, -0.2) is 56.6 Å². The SMILES string of the molecule is O=C(c1ccc(-c2ccn[nH]2)cc1)N1CC2CCC1CN(Cc1ccccn1)C2. The third-order valence-electron chi connectivity index (χ3n) is 6.11. The Hall–Kier alpha value is -2.99. The summed E-state index contributed by atoms with van der Waals surface area (Å²) in [5, 5.41) is 6.96. The number of amides is 1. The van der Waals surface area contributed by atoms with Crippen molar-refractivity contribution in [1.29, 1.82) is 0 Å². The van der Waals surface area contributed by atoms with Crippen LogP contribution in [0, 0.1) is 5.92 Å². The lowest BCUT2D eigenvalue weighted by Gasteiger charge is -2.36. The van der Waals surface area contributed by atoms with Gasteiger partial charge in [0, 0.05) is 50.2 Å². The third-order valence-corrected chi connectivity index (χ3v) is 6.11. The number of pyridine rings is 1. The van der Waals surface area contributed by atoms with Crippen LogP contribution in [0.1, 0.15) is 28.9 Å². The first-order chi connectivity index (χ1) is 14.3. The summed E-state index contributed by atoms with van der Waals surface area (Å²) in [6.07, 6.45) is 5.87. The predicted molar refractivity (Wildman–Crippen MR) is 111 cm³/mol. The minimum Gasteiger partial charge on any atom is -0.334 e. The molecule has 2 atom stereocenters. The highest BCUT2D eigenvalue weighted by Crippen LogP contribution is 2.30. The summed E-state index contributed by atoms with van der Waals surface area (Å²) in [5.74, 6) is 0.682. The first-order valence-corrected chi connectivity index (χ1v) is 10.3. The van der Waals surface area contributed by atoms with Gasteiger partial charge in [0.15, 0.2) is 0 Å². The molecular formula is C23H25N5O. The zero-order valence-corrected chi connectivity index (χ0v) is 16.4. The zero-order chi connectivity index (χ0) is 19.6. The fourth-order valence-corrected chi connectivity index (χ4v) is 4.65. The number of hydrogen-bond donors (Lipinski definition) is 1. The lowest BCUT2D eigenvalue weighted by atomic mass is 9.94. The topological polar surface area (TPSA) is 65.1 Å². The van der Waals surface area contributed by atoms with E-state index in [1.54, 1.807) is 6.20 Å². The summed E-state index contributed by atoms with van der Waals surface area (Å²) in [6.45, 7) is 3.67. The van der Waals surface area contributed by atoms with Crippen LogP contribution in [0.5, 0.6) is 0 Å². The van der Waals surface area contributed by atoms with Gasteiger partial charge in [0.1, 0.15) is 0 Å². The number of aromatic amines is 1. The summed E-state index contributed by atoms with van der Waals surface area (Å²) >= 11 is 0. The van der Waals surface area contributed by atoms with Crippen LogP contribution in [0.3, 0.4) is 0 Å². The number of piperidine rings is 1. The maximum atomic E-state index is 13.3. The number of fused-ring (bicyclic) bond motifs is 4. The third kappa shape index (κ3) is 3.80. The Kier molecular flexibility index (Phi) is 4.86. The lowest BCUT2D eigenvalue weighted by molar-refractivity contribution is 0.0585. The number of aromatic nitrogens is 3. The molecule has 6 heteroatoms. The molecule has 3 aliphatic rings. The van der Waals surface area contributed by atoms with Gasteiger partial charge < -0.3 is 4.90 Å². The van der Waals surface area contributed by atoms with E-state index in [0.29, 0.717) is 5.92 Å². The Morgan fingerprint density at radius 2 is 1.90 bits per heavy atom. The average Bonchev–Trinajstić information content (AvgIpc) is 3.16. The van der Waals surface area contributed by atoms with Crippen molar-refractivity contribution in [3.8, 4) is 11.3 Å². The van der Waals surface area contributed by atoms with Crippen molar-refractivity contribution in [2.24, 2.45) is 5.92 Å². The molecule has 5 heterocycles. The molecule has 3 aliphatic heterocycles. The highest BCUT2D eigenvalue weighted by Gasteiger charge is 2.37. The van der Waals surface area contributed by atoms with Gasteiger partial charge in [0.05, 0.1) is 11.4 Å². The second kappa shape index (κ2) is 7.79. The monoisotopic (exact) mass is 387 g/mol. The van der Waals surface area contributed by atoms with Gasteiger partial charge in [0.2, 0.25) is 0 Å². The van der Waals surface area contributed by atoms with Crippen molar-refractivity contribution < 1.29 is 4.79 Å². The van der Waals surface area contributed by atoms with Crippen LogP contribution >= 0.6 is 0 Å². The van der Waals surface area contributed by atoms with Gasteiger partial charge in [-0.25, -0.2) is 0 Å². The average molecular weight is 387 g/mol. The van der Waals surface area contributed by atoms with Crippen LogP contribution in [0.4, 0.5) is 0 Å². The van der Waals surface area contributed by atoms with Gasteiger partial charge in [-0.2, -0.15) is 5.10 Å². The molecule has 29 heavy (non-hydrogen) atoms. The van der Waals surface area contributed by atoms with E-state index in [1.165, 1.54) is 6.42 Å². The molecular weight excluding hydrogens is 362 g/mol. The molecule has 1 aromatic carbocycles. The number of rotatable bonds is 4. The fourth-order valence-electron chi connectivity index (χ4n) is 4.65. The Morgan fingerprint density at radius 1 is 1.00 bits per heavy atom. The molecule has 0 aliphatic carbocycles. The van der Waals surface area contributed by atoms with E-state index in [-0.39, 0.29) is 11.9 Å². The van der Waals surface area contributed by atoms with Gasteiger partial charge in [0.25, 0.3) is 5.91 Å². The number of nitrogens with zero attached hydrogens (tertiary/aromatic N) is 4. The predicted octanol–water partition coefficient (Wildman–Crippen LogP) is 3.21. The molecule has 0 radical (unpaired) electrons. The van der Waals surface area contributed by atoms with Crippen molar-refractivity contribution in [2.45, 2.75) is 25.4 Å². The van der Waals surface area contributed by atoms with Crippen LogP contribution in [-0.2, 0) is 6.54 Å². The molecule has 6 nitrogen and oxygen atoms in total. The number of H-pyrrole nitrogens is 1. The summed E-state index contributed by atoms with van der Waals surface area (Å²) in [7, 11) is 0. The molecule has 0 spiro atoms. The van der Waals surface area contributed by atoms with Crippen molar-refractivity contribution in [3.05, 3.63) is 72.2 Å². The highest BCUT2D eigenvalue weighted by molar-refractivity contribution is 5.95. The Labute approximate surface area is 170 Å². The van der Waals surface area contributed by atoms with Gasteiger partial charge in [-0.05, 0) is 54.7 Å². The number of carbonyl (C=O) groups is 1. The van der Waals surface area contributed by atoms with Crippen molar-refractivity contribution in [2.75, 3.05) is 19.6 Å². The van der Waals surface area contributed by atoms with E-state index in [9.17, 15) is 4.79 Å². The lowest BCUT2D eigenvalue weighted by Crippen LogP contribution is -2.47. The first-order valence-electron chi connectivity index (χ1n) is 10.3. The highest BCUT2D eigenvalue weighted by atomic mass is 16.2. The van der Waals surface area contributed by atoms with Crippen molar-refractivity contribution >= 4 is 5.91 Å². The van der Waals surface area contributed by atoms with Crippen molar-refractivity contribution in [1.82, 2.24) is 25.0 Å². The summed E-state index contributed by atoms with van der Waals surface area (Å²) < 4.78 is 0. The van der Waals surface area contributed by atoms with E-state index in [1.807, 2.05) is 48.7 Å². The quantitative estimate of drug-likeness (QED) is 0.747. The molecule has 3 fully saturated rings. The Morgan fingerprint density at radius 3 is 2.66 bits per heavy atom. The molecule has 2 bridgehead atoms. The minimum absolute atomic E-state index is 0.149. The zero-order valence-electron chi connectivity index (χ0n) is 16.4. The maximum Gasteiger partial charge on any atom is 0.254 e. The Bertz CT molecular complexity index is 955. The summed E-state index contributed by atoms with van der Waals surface area (Å²) in [5.41, 5.74) is 3.86. The molecule has 148 valence electrons. The fraction of sp³-hybridized carbons (Fsp3) is 0.348. The molecule has 2 aromatic heterocycles. The number of hydrogen-bond acceptors (Lipinski definition) is 4. The van der Waals surface area contributed by atoms with E-state index < -0.39 is 0 Å².